The summed E-state index contributed by atoms with van der Waals surface area (Å²) in [4.78, 5) is 24.2. The third kappa shape index (κ3) is 2.82. The minimum absolute atomic E-state index is 0.198. The zero-order valence-electron chi connectivity index (χ0n) is 15.8. The number of rotatable bonds is 3. The van der Waals surface area contributed by atoms with Crippen LogP contribution in [0.2, 0.25) is 0 Å². The lowest BCUT2D eigenvalue weighted by Crippen LogP contribution is -2.44. The standard InChI is InChI=1S/C20H21N7O/c1-13-12-28-11-10-26(13)19-23-18(16-4-3-5-17-15(16)6-7-22-17)24-20(25-19)27-9-8-21-14(27)2/h3-9,13,22H,10-12H2,1-2H3. The highest BCUT2D eigenvalue weighted by Gasteiger charge is 2.24. The van der Waals surface area contributed by atoms with Crippen LogP contribution in [0.4, 0.5) is 5.95 Å². The van der Waals surface area contributed by atoms with Crippen LogP contribution >= 0.6 is 0 Å². The van der Waals surface area contributed by atoms with Gasteiger partial charge in [0.2, 0.25) is 11.9 Å². The summed E-state index contributed by atoms with van der Waals surface area (Å²) >= 11 is 0. The first-order valence-corrected chi connectivity index (χ1v) is 9.38. The maximum Gasteiger partial charge on any atom is 0.240 e. The molecule has 142 valence electrons. The molecule has 0 radical (unpaired) electrons. The molecular weight excluding hydrogens is 354 g/mol. The van der Waals surface area contributed by atoms with Gasteiger partial charge in [-0.1, -0.05) is 12.1 Å². The number of aromatic nitrogens is 6. The SMILES string of the molecule is Cc1nccn1-c1nc(-c2cccc3[nH]ccc23)nc(N2CCOCC2C)n1. The fourth-order valence-electron chi connectivity index (χ4n) is 3.60. The van der Waals surface area contributed by atoms with Gasteiger partial charge in [0.25, 0.3) is 0 Å². The van der Waals surface area contributed by atoms with E-state index in [2.05, 4.69) is 21.8 Å². The van der Waals surface area contributed by atoms with Gasteiger partial charge in [-0.25, -0.2) is 4.98 Å². The number of aromatic amines is 1. The summed E-state index contributed by atoms with van der Waals surface area (Å²) in [6.45, 7) is 6.14. The van der Waals surface area contributed by atoms with Gasteiger partial charge >= 0.3 is 0 Å². The van der Waals surface area contributed by atoms with E-state index in [1.54, 1.807) is 6.20 Å². The van der Waals surface area contributed by atoms with Gasteiger partial charge in [-0.3, -0.25) is 4.57 Å². The van der Waals surface area contributed by atoms with Crippen LogP contribution in [-0.4, -0.2) is 55.3 Å². The van der Waals surface area contributed by atoms with Gasteiger partial charge in [-0.15, -0.1) is 0 Å². The van der Waals surface area contributed by atoms with E-state index in [9.17, 15) is 0 Å². The molecule has 1 saturated heterocycles. The zero-order valence-corrected chi connectivity index (χ0v) is 15.8. The Hall–Kier alpha value is -3.26. The van der Waals surface area contributed by atoms with Crippen LogP contribution in [0.1, 0.15) is 12.7 Å². The molecule has 1 fully saturated rings. The molecule has 1 atom stereocenters. The molecule has 3 aromatic heterocycles. The Kier molecular flexibility index (Phi) is 4.05. The second kappa shape index (κ2) is 6.72. The number of hydrogen-bond acceptors (Lipinski definition) is 6. The van der Waals surface area contributed by atoms with Gasteiger partial charge in [-0.05, 0) is 26.0 Å². The quantitative estimate of drug-likeness (QED) is 0.593. The minimum Gasteiger partial charge on any atom is -0.377 e. The van der Waals surface area contributed by atoms with Gasteiger partial charge in [0, 0.05) is 41.6 Å². The Bertz CT molecular complexity index is 1130. The molecule has 0 aliphatic carbocycles. The van der Waals surface area contributed by atoms with Gasteiger partial charge in [0.05, 0.1) is 19.3 Å². The molecule has 1 unspecified atom stereocenters. The highest BCUT2D eigenvalue weighted by Crippen LogP contribution is 2.28. The molecule has 0 amide bonds. The monoisotopic (exact) mass is 375 g/mol. The first-order valence-electron chi connectivity index (χ1n) is 9.38. The molecule has 4 aromatic rings. The maximum absolute atomic E-state index is 5.58. The van der Waals surface area contributed by atoms with E-state index in [0.29, 0.717) is 30.9 Å². The van der Waals surface area contributed by atoms with Crippen LogP contribution in [0, 0.1) is 6.92 Å². The highest BCUT2D eigenvalue weighted by atomic mass is 16.5. The summed E-state index contributed by atoms with van der Waals surface area (Å²) in [5, 5.41) is 1.09. The number of benzene rings is 1. The molecule has 5 rings (SSSR count). The van der Waals surface area contributed by atoms with Gasteiger partial charge in [0.15, 0.2) is 5.82 Å². The second-order valence-electron chi connectivity index (χ2n) is 6.97. The van der Waals surface area contributed by atoms with Crippen LogP contribution in [0.15, 0.2) is 42.9 Å². The molecular formula is C20H21N7O. The van der Waals surface area contributed by atoms with Crippen LogP contribution in [-0.2, 0) is 4.74 Å². The van der Waals surface area contributed by atoms with Gasteiger partial charge in [0.1, 0.15) is 5.82 Å². The number of aryl methyl sites for hydroxylation is 1. The van der Waals surface area contributed by atoms with E-state index in [-0.39, 0.29) is 6.04 Å². The Morgan fingerprint density at radius 3 is 2.86 bits per heavy atom. The van der Waals surface area contributed by atoms with Gasteiger partial charge in [-0.2, -0.15) is 15.0 Å². The number of hydrogen-bond donors (Lipinski definition) is 1. The highest BCUT2D eigenvalue weighted by molar-refractivity contribution is 5.93. The van der Waals surface area contributed by atoms with Crippen molar-refractivity contribution in [2.45, 2.75) is 19.9 Å². The molecule has 1 aliphatic heterocycles. The van der Waals surface area contributed by atoms with Crippen LogP contribution in [0.5, 0.6) is 0 Å². The average Bonchev–Trinajstić information content (AvgIpc) is 3.36. The summed E-state index contributed by atoms with van der Waals surface area (Å²) in [6.07, 6.45) is 5.56. The molecule has 0 bridgehead atoms. The lowest BCUT2D eigenvalue weighted by Gasteiger charge is -2.33. The predicted molar refractivity (Wildman–Crippen MR) is 107 cm³/mol. The molecule has 8 heteroatoms. The normalized spacial score (nSPS) is 17.4. The van der Waals surface area contributed by atoms with E-state index < -0.39 is 0 Å². The average molecular weight is 375 g/mol. The molecule has 0 spiro atoms. The predicted octanol–water partition coefficient (Wildman–Crippen LogP) is 2.74. The number of imidazole rings is 1. The van der Waals surface area contributed by atoms with Crippen LogP contribution in [0.3, 0.4) is 0 Å². The minimum atomic E-state index is 0.198. The molecule has 1 N–H and O–H groups in total. The van der Waals surface area contributed by atoms with Crippen molar-refractivity contribution in [2.24, 2.45) is 0 Å². The Morgan fingerprint density at radius 1 is 1.14 bits per heavy atom. The number of ether oxygens (including phenoxy) is 1. The van der Waals surface area contributed by atoms with E-state index >= 15 is 0 Å². The molecule has 8 nitrogen and oxygen atoms in total. The first kappa shape index (κ1) is 16.9. The van der Waals surface area contributed by atoms with Crippen molar-refractivity contribution in [1.82, 2.24) is 29.5 Å². The summed E-state index contributed by atoms with van der Waals surface area (Å²) in [5.74, 6) is 2.72. The van der Waals surface area contributed by atoms with Crippen molar-refractivity contribution in [3.05, 3.63) is 48.7 Å². The van der Waals surface area contributed by atoms with Crippen molar-refractivity contribution in [2.75, 3.05) is 24.7 Å². The van der Waals surface area contributed by atoms with Crippen molar-refractivity contribution < 1.29 is 4.74 Å². The van der Waals surface area contributed by atoms with Crippen molar-refractivity contribution in [3.8, 4) is 17.3 Å². The largest absolute Gasteiger partial charge is 0.377 e. The second-order valence-corrected chi connectivity index (χ2v) is 6.97. The maximum atomic E-state index is 5.58. The van der Waals surface area contributed by atoms with Gasteiger partial charge < -0.3 is 14.6 Å². The molecule has 4 heterocycles. The summed E-state index contributed by atoms with van der Waals surface area (Å²) in [5.41, 5.74) is 2.03. The van der Waals surface area contributed by atoms with E-state index in [0.717, 1.165) is 28.8 Å². The van der Waals surface area contributed by atoms with Crippen molar-refractivity contribution in [1.29, 1.82) is 0 Å². The number of H-pyrrole nitrogens is 1. The number of fused-ring (bicyclic) bond motifs is 1. The number of morpholine rings is 1. The summed E-state index contributed by atoms with van der Waals surface area (Å²) in [7, 11) is 0. The molecule has 0 saturated carbocycles. The molecule has 1 aromatic carbocycles. The van der Waals surface area contributed by atoms with Crippen LogP contribution < -0.4 is 4.90 Å². The first-order chi connectivity index (χ1) is 13.7. The Labute approximate surface area is 162 Å². The van der Waals surface area contributed by atoms with E-state index in [1.165, 1.54) is 0 Å². The number of nitrogens with zero attached hydrogens (tertiary/aromatic N) is 6. The lowest BCUT2D eigenvalue weighted by atomic mass is 10.1. The topological polar surface area (TPSA) is 84.8 Å². The molecule has 28 heavy (non-hydrogen) atoms. The summed E-state index contributed by atoms with van der Waals surface area (Å²) in [6, 6.07) is 8.35. The summed E-state index contributed by atoms with van der Waals surface area (Å²) < 4.78 is 7.47. The lowest BCUT2D eigenvalue weighted by molar-refractivity contribution is 0.0980. The van der Waals surface area contributed by atoms with E-state index in [1.807, 2.05) is 48.1 Å². The number of anilines is 1. The van der Waals surface area contributed by atoms with Crippen LogP contribution in [0.25, 0.3) is 28.2 Å². The fourth-order valence-corrected chi connectivity index (χ4v) is 3.60. The van der Waals surface area contributed by atoms with Crippen molar-refractivity contribution in [3.63, 3.8) is 0 Å². The number of nitrogens with one attached hydrogen (secondary N) is 1. The third-order valence-corrected chi connectivity index (χ3v) is 5.11. The Morgan fingerprint density at radius 2 is 2.04 bits per heavy atom. The molecule has 1 aliphatic rings. The van der Waals surface area contributed by atoms with E-state index in [4.69, 9.17) is 19.7 Å². The fraction of sp³-hybridized carbons (Fsp3) is 0.300. The van der Waals surface area contributed by atoms with Crippen molar-refractivity contribution >= 4 is 16.9 Å². The third-order valence-electron chi connectivity index (χ3n) is 5.11. The Balaban J connectivity index is 1.71. The smallest absolute Gasteiger partial charge is 0.240 e. The zero-order chi connectivity index (χ0) is 19.1.